The van der Waals surface area contributed by atoms with Crippen molar-refractivity contribution in [2.75, 3.05) is 0 Å². The number of ether oxygens (including phenoxy) is 1. The summed E-state index contributed by atoms with van der Waals surface area (Å²) in [7, 11) is 0. The van der Waals surface area contributed by atoms with Gasteiger partial charge in [-0.3, -0.25) is 4.79 Å². The predicted octanol–water partition coefficient (Wildman–Crippen LogP) is 4.28. The van der Waals surface area contributed by atoms with Gasteiger partial charge in [-0.1, -0.05) is 24.3 Å². The van der Waals surface area contributed by atoms with E-state index in [4.69, 9.17) is 4.74 Å². The number of fused-ring (bicyclic) bond motifs is 1. The molecule has 0 spiro atoms. The monoisotopic (exact) mass is 422 g/mol. The van der Waals surface area contributed by atoms with Crippen molar-refractivity contribution in [2.24, 2.45) is 0 Å². The lowest BCUT2D eigenvalue weighted by Crippen LogP contribution is -2.23. The van der Waals surface area contributed by atoms with Gasteiger partial charge in [0.25, 0.3) is 5.91 Å². The summed E-state index contributed by atoms with van der Waals surface area (Å²) in [6, 6.07) is 16.2. The van der Waals surface area contributed by atoms with Gasteiger partial charge in [0.1, 0.15) is 22.3 Å². The predicted molar refractivity (Wildman–Crippen MR) is 117 cm³/mol. The molecule has 0 bridgehead atoms. The number of aromatic nitrogens is 3. The molecule has 0 saturated heterocycles. The van der Waals surface area contributed by atoms with Crippen molar-refractivity contribution in [3.05, 3.63) is 77.5 Å². The van der Waals surface area contributed by atoms with Gasteiger partial charge in [-0.15, -0.1) is 0 Å². The molecule has 0 aliphatic carbocycles. The fraction of sp³-hybridized carbons (Fsp3) is 0.182. The molecule has 0 radical (unpaired) electrons. The Morgan fingerprint density at radius 3 is 2.67 bits per heavy atom. The van der Waals surface area contributed by atoms with E-state index < -0.39 is 5.60 Å². The van der Waals surface area contributed by atoms with E-state index in [2.05, 4.69) is 19.0 Å². The quantitative estimate of drug-likeness (QED) is 0.481. The van der Waals surface area contributed by atoms with Crippen molar-refractivity contribution in [2.45, 2.75) is 26.0 Å². The van der Waals surface area contributed by atoms with Crippen LogP contribution in [0.15, 0.2) is 60.8 Å². The highest BCUT2D eigenvalue weighted by Crippen LogP contribution is 2.26. The molecule has 2 aromatic heterocycles. The molecule has 2 aromatic carbocycles. The van der Waals surface area contributed by atoms with Gasteiger partial charge in [0, 0.05) is 20.2 Å². The third-order valence-corrected chi connectivity index (χ3v) is 5.13. The Labute approximate surface area is 179 Å². The maximum Gasteiger partial charge on any atom is 0.257 e. The summed E-state index contributed by atoms with van der Waals surface area (Å²) in [5, 5.41) is 12.9. The third-order valence-electron chi connectivity index (χ3n) is 4.57. The van der Waals surface area contributed by atoms with Gasteiger partial charge < -0.3 is 15.2 Å². The van der Waals surface area contributed by atoms with Gasteiger partial charge in [0.05, 0.1) is 17.3 Å². The summed E-state index contributed by atoms with van der Waals surface area (Å²) in [6.45, 7) is 3.81. The average molecular weight is 423 g/mol. The van der Waals surface area contributed by atoms with Crippen LogP contribution in [-0.2, 0) is 12.1 Å². The minimum absolute atomic E-state index is 0. The van der Waals surface area contributed by atoms with Crippen LogP contribution in [0.5, 0.6) is 11.6 Å². The number of carbonyl (C=O) groups excluding carboxylic acids is 1. The van der Waals surface area contributed by atoms with Crippen LogP contribution < -0.4 is 10.1 Å². The Morgan fingerprint density at radius 2 is 1.90 bits per heavy atom. The first-order chi connectivity index (χ1) is 14.4. The molecule has 30 heavy (non-hydrogen) atoms. The second-order valence-corrected chi connectivity index (χ2v) is 7.84. The highest BCUT2D eigenvalue weighted by molar-refractivity contribution is 7.00. The van der Waals surface area contributed by atoms with Gasteiger partial charge in [-0.05, 0) is 49.2 Å². The van der Waals surface area contributed by atoms with Crippen molar-refractivity contribution in [3.63, 3.8) is 0 Å². The van der Waals surface area contributed by atoms with Gasteiger partial charge in [-0.2, -0.15) is 8.75 Å². The minimum Gasteiger partial charge on any atom is -0.438 e. The zero-order valence-corrected chi connectivity index (χ0v) is 17.3. The summed E-state index contributed by atoms with van der Waals surface area (Å²) in [4.78, 5) is 16.9. The number of pyridine rings is 1. The number of nitrogens with zero attached hydrogens (tertiary/aromatic N) is 3. The van der Waals surface area contributed by atoms with Crippen LogP contribution in [0.1, 0.15) is 36.8 Å². The number of amides is 1. The van der Waals surface area contributed by atoms with E-state index >= 15 is 0 Å². The molecule has 0 saturated carbocycles. The Kier molecular flexibility index (Phi) is 5.43. The van der Waals surface area contributed by atoms with Crippen molar-refractivity contribution < 1.29 is 16.1 Å². The molecule has 0 unspecified atom stereocenters. The van der Waals surface area contributed by atoms with Crippen molar-refractivity contribution in [1.82, 2.24) is 19.0 Å². The third kappa shape index (κ3) is 4.45. The molecule has 0 aliphatic rings. The molecule has 8 heteroatoms. The van der Waals surface area contributed by atoms with E-state index in [1.807, 2.05) is 30.3 Å². The smallest absolute Gasteiger partial charge is 0.257 e. The van der Waals surface area contributed by atoms with Crippen LogP contribution in [0.25, 0.3) is 11.0 Å². The lowest BCUT2D eigenvalue weighted by atomic mass is 9.97. The number of hydrogen-bond acceptors (Lipinski definition) is 7. The second-order valence-electron chi connectivity index (χ2n) is 7.31. The molecular formula is C22H22N4O3S. The summed E-state index contributed by atoms with van der Waals surface area (Å²) in [5.74, 6) is 0.459. The molecular weight excluding hydrogens is 400 g/mol. The maximum absolute atomic E-state index is 12.7. The topological polar surface area (TPSA) is 97.2 Å². The SMILES string of the molecule is CC(C)(O)c1ccc(CNC(=O)c2cccnc2Oc2ccc3nsnc3c2)cc1.[HH]. The van der Waals surface area contributed by atoms with Gasteiger partial charge >= 0.3 is 0 Å². The average Bonchev–Trinajstić information content (AvgIpc) is 3.20. The number of rotatable bonds is 6. The van der Waals surface area contributed by atoms with E-state index in [0.717, 1.165) is 33.9 Å². The van der Waals surface area contributed by atoms with Crippen LogP contribution in [0.4, 0.5) is 0 Å². The number of carbonyl (C=O) groups is 1. The fourth-order valence-electron chi connectivity index (χ4n) is 2.89. The van der Waals surface area contributed by atoms with Crippen LogP contribution in [0.3, 0.4) is 0 Å². The summed E-state index contributed by atoms with van der Waals surface area (Å²) in [6.07, 6.45) is 1.57. The first-order valence-electron chi connectivity index (χ1n) is 9.35. The molecule has 154 valence electrons. The van der Waals surface area contributed by atoms with E-state index in [1.165, 1.54) is 0 Å². The summed E-state index contributed by atoms with van der Waals surface area (Å²) < 4.78 is 14.2. The fourth-order valence-corrected chi connectivity index (χ4v) is 3.41. The number of aliphatic hydroxyl groups is 1. The molecule has 2 heterocycles. The zero-order chi connectivity index (χ0) is 21.1. The number of hydrogen-bond donors (Lipinski definition) is 2. The van der Waals surface area contributed by atoms with Crippen LogP contribution in [0, 0.1) is 0 Å². The molecule has 2 N–H and O–H groups in total. The minimum atomic E-state index is -0.901. The molecule has 7 nitrogen and oxygen atoms in total. The lowest BCUT2D eigenvalue weighted by molar-refractivity contribution is 0.0785. The molecule has 1 amide bonds. The van der Waals surface area contributed by atoms with Crippen molar-refractivity contribution in [3.8, 4) is 11.6 Å². The largest absolute Gasteiger partial charge is 0.438 e. The molecule has 4 aromatic rings. The molecule has 0 fully saturated rings. The van der Waals surface area contributed by atoms with Crippen LogP contribution in [0.2, 0.25) is 0 Å². The summed E-state index contributed by atoms with van der Waals surface area (Å²) >= 11 is 1.13. The van der Waals surface area contributed by atoms with Gasteiger partial charge in [0.15, 0.2) is 0 Å². The highest BCUT2D eigenvalue weighted by atomic mass is 32.1. The van der Waals surface area contributed by atoms with E-state index in [9.17, 15) is 9.90 Å². The van der Waals surface area contributed by atoms with Gasteiger partial charge in [-0.25, -0.2) is 4.98 Å². The van der Waals surface area contributed by atoms with E-state index in [1.54, 1.807) is 44.3 Å². The number of nitrogens with one attached hydrogen (secondary N) is 1. The normalized spacial score (nSPS) is 11.4. The van der Waals surface area contributed by atoms with Crippen LogP contribution >= 0.6 is 11.7 Å². The lowest BCUT2D eigenvalue weighted by Gasteiger charge is -2.18. The second kappa shape index (κ2) is 8.17. The Bertz CT molecular complexity index is 1190. The van der Waals surface area contributed by atoms with Gasteiger partial charge in [0.2, 0.25) is 5.88 Å². The first-order valence-corrected chi connectivity index (χ1v) is 10.1. The number of benzene rings is 2. The van der Waals surface area contributed by atoms with Crippen LogP contribution in [-0.4, -0.2) is 24.7 Å². The van der Waals surface area contributed by atoms with Crippen molar-refractivity contribution >= 4 is 28.7 Å². The Hall–Kier alpha value is -3.36. The molecule has 0 aliphatic heterocycles. The van der Waals surface area contributed by atoms with Crippen molar-refractivity contribution in [1.29, 1.82) is 0 Å². The molecule has 0 atom stereocenters. The van der Waals surface area contributed by atoms with E-state index in [-0.39, 0.29) is 13.2 Å². The maximum atomic E-state index is 12.7. The first kappa shape index (κ1) is 19.9. The Morgan fingerprint density at radius 1 is 1.13 bits per heavy atom. The molecule has 4 rings (SSSR count). The Balaban J connectivity index is 0.00000272. The van der Waals surface area contributed by atoms with E-state index in [0.29, 0.717) is 17.9 Å². The standard InChI is InChI=1S/C22H20N4O3S.H2/c1-22(2,28)15-7-5-14(6-8-15)13-24-20(27)17-4-3-11-23-21(17)29-16-9-10-18-19(12-16)26-30-25-18;/h3-12,28H,13H2,1-2H3,(H,24,27);1H. The zero-order valence-electron chi connectivity index (χ0n) is 16.5. The highest BCUT2D eigenvalue weighted by Gasteiger charge is 2.17. The summed E-state index contributed by atoms with van der Waals surface area (Å²) in [5.41, 5.74) is 2.69.